The van der Waals surface area contributed by atoms with Gasteiger partial charge in [-0.15, -0.1) is 0 Å². The molecule has 1 aromatic carbocycles. The summed E-state index contributed by atoms with van der Waals surface area (Å²) < 4.78 is 0. The molecule has 1 aromatic rings. The zero-order valence-corrected chi connectivity index (χ0v) is 9.84. The molecule has 0 aliphatic carbocycles. The molecule has 17 heavy (non-hydrogen) atoms. The highest BCUT2D eigenvalue weighted by Gasteiger charge is 2.28. The van der Waals surface area contributed by atoms with Crippen molar-refractivity contribution in [1.82, 2.24) is 0 Å². The van der Waals surface area contributed by atoms with Gasteiger partial charge in [-0.25, -0.2) is 0 Å². The number of rotatable bonds is 2. The van der Waals surface area contributed by atoms with Crippen molar-refractivity contribution in [2.75, 3.05) is 10.6 Å². The van der Waals surface area contributed by atoms with Gasteiger partial charge in [-0.3, -0.25) is 9.59 Å². The van der Waals surface area contributed by atoms with Crippen LogP contribution in [0.4, 0.5) is 11.4 Å². The summed E-state index contributed by atoms with van der Waals surface area (Å²) in [5, 5.41) is 14.8. The molecular weight excluding hydrogens is 244 g/mol. The van der Waals surface area contributed by atoms with E-state index in [2.05, 4.69) is 10.6 Å². The fourth-order valence-corrected chi connectivity index (χ4v) is 1.91. The first kappa shape index (κ1) is 11.7. The van der Waals surface area contributed by atoms with Crippen molar-refractivity contribution >= 4 is 34.9 Å². The Morgan fingerprint density at radius 1 is 1.53 bits per heavy atom. The highest BCUT2D eigenvalue weighted by atomic mass is 35.5. The molecular formula is C11H11ClN2O3. The van der Waals surface area contributed by atoms with Crippen LogP contribution in [0.5, 0.6) is 0 Å². The van der Waals surface area contributed by atoms with E-state index in [1.165, 1.54) is 0 Å². The molecule has 1 aliphatic heterocycles. The van der Waals surface area contributed by atoms with Gasteiger partial charge in [0.25, 0.3) is 0 Å². The van der Waals surface area contributed by atoms with Crippen LogP contribution in [0.25, 0.3) is 0 Å². The lowest BCUT2D eigenvalue weighted by Crippen LogP contribution is -2.40. The second-order valence-electron chi connectivity index (χ2n) is 3.88. The Bertz CT molecular complexity index is 502. The topological polar surface area (TPSA) is 78.4 Å². The first-order chi connectivity index (χ1) is 7.99. The van der Waals surface area contributed by atoms with Gasteiger partial charge in [-0.1, -0.05) is 11.6 Å². The number of carboxylic acid groups (broad SMARTS) is 1. The lowest BCUT2D eigenvalue weighted by molar-refractivity contribution is -0.138. The number of benzene rings is 1. The van der Waals surface area contributed by atoms with Crippen molar-refractivity contribution in [3.63, 3.8) is 0 Å². The molecule has 1 amide bonds. The summed E-state index contributed by atoms with van der Waals surface area (Å²) in [6.07, 6.45) is -0.267. The number of amides is 1. The summed E-state index contributed by atoms with van der Waals surface area (Å²) in [5.41, 5.74) is 2.10. The van der Waals surface area contributed by atoms with Crippen molar-refractivity contribution in [2.24, 2.45) is 0 Å². The van der Waals surface area contributed by atoms with Gasteiger partial charge in [-0.2, -0.15) is 0 Å². The molecule has 3 N–H and O–H groups in total. The third kappa shape index (κ3) is 2.19. The number of anilines is 2. The third-order valence-electron chi connectivity index (χ3n) is 2.67. The highest BCUT2D eigenvalue weighted by Crippen LogP contribution is 2.34. The number of halogens is 1. The number of carbonyl (C=O) groups excluding carboxylic acids is 1. The van der Waals surface area contributed by atoms with Gasteiger partial charge in [0.05, 0.1) is 17.8 Å². The summed E-state index contributed by atoms with van der Waals surface area (Å²) >= 11 is 5.97. The molecule has 0 bridgehead atoms. The molecule has 0 saturated heterocycles. The molecule has 0 spiro atoms. The van der Waals surface area contributed by atoms with E-state index in [0.717, 1.165) is 5.56 Å². The van der Waals surface area contributed by atoms with E-state index in [1.54, 1.807) is 12.1 Å². The zero-order chi connectivity index (χ0) is 12.6. The van der Waals surface area contributed by atoms with Crippen LogP contribution in [-0.4, -0.2) is 23.0 Å². The van der Waals surface area contributed by atoms with Crippen LogP contribution in [0, 0.1) is 6.92 Å². The molecule has 0 saturated carbocycles. The molecule has 90 valence electrons. The Labute approximate surface area is 103 Å². The van der Waals surface area contributed by atoms with Crippen LogP contribution in [0.1, 0.15) is 12.0 Å². The quantitative estimate of drug-likeness (QED) is 0.753. The summed E-state index contributed by atoms with van der Waals surface area (Å²) in [7, 11) is 0. The zero-order valence-electron chi connectivity index (χ0n) is 9.08. The molecule has 6 heteroatoms. The van der Waals surface area contributed by atoms with E-state index in [4.69, 9.17) is 16.7 Å². The Hall–Kier alpha value is -1.75. The third-order valence-corrected chi connectivity index (χ3v) is 3.08. The second kappa shape index (κ2) is 4.25. The van der Waals surface area contributed by atoms with Gasteiger partial charge in [0.15, 0.2) is 0 Å². The van der Waals surface area contributed by atoms with Crippen LogP contribution in [-0.2, 0) is 9.59 Å². The maximum absolute atomic E-state index is 11.6. The molecule has 1 atom stereocenters. The number of hydrogen-bond donors (Lipinski definition) is 3. The number of fused-ring (bicyclic) bond motifs is 1. The highest BCUT2D eigenvalue weighted by molar-refractivity contribution is 6.32. The van der Waals surface area contributed by atoms with E-state index in [0.29, 0.717) is 16.4 Å². The Balaban J connectivity index is 2.35. The maximum atomic E-state index is 11.6. The van der Waals surface area contributed by atoms with Gasteiger partial charge >= 0.3 is 5.97 Å². The Kier molecular flexibility index (Phi) is 2.93. The van der Waals surface area contributed by atoms with Crippen molar-refractivity contribution < 1.29 is 14.7 Å². The minimum Gasteiger partial charge on any atom is -0.481 e. The molecule has 1 unspecified atom stereocenters. The van der Waals surface area contributed by atoms with Crippen LogP contribution in [0.15, 0.2) is 12.1 Å². The van der Waals surface area contributed by atoms with E-state index in [-0.39, 0.29) is 12.3 Å². The fourth-order valence-electron chi connectivity index (χ4n) is 1.75. The van der Waals surface area contributed by atoms with Crippen molar-refractivity contribution in [3.8, 4) is 0 Å². The van der Waals surface area contributed by atoms with Crippen LogP contribution in [0.3, 0.4) is 0 Å². The summed E-state index contributed by atoms with van der Waals surface area (Å²) in [5.74, 6) is -1.37. The number of nitrogens with one attached hydrogen (secondary N) is 2. The number of aliphatic carboxylic acids is 1. The van der Waals surface area contributed by atoms with Gasteiger partial charge in [0.1, 0.15) is 6.04 Å². The first-order valence-electron chi connectivity index (χ1n) is 5.07. The van der Waals surface area contributed by atoms with Crippen LogP contribution < -0.4 is 10.6 Å². The van der Waals surface area contributed by atoms with Gasteiger partial charge in [-0.05, 0) is 24.6 Å². The predicted molar refractivity (Wildman–Crippen MR) is 64.5 cm³/mol. The van der Waals surface area contributed by atoms with E-state index < -0.39 is 12.0 Å². The number of hydrogen-bond acceptors (Lipinski definition) is 3. The lowest BCUT2D eigenvalue weighted by atomic mass is 10.1. The Morgan fingerprint density at radius 3 is 2.88 bits per heavy atom. The SMILES string of the molecule is Cc1c(Cl)ccc2c1NC(CC(=O)O)C(=O)N2. The molecule has 0 fully saturated rings. The van der Waals surface area contributed by atoms with Gasteiger partial charge < -0.3 is 15.7 Å². The van der Waals surface area contributed by atoms with Gasteiger partial charge in [0.2, 0.25) is 5.91 Å². The standard InChI is InChI=1S/C11H11ClN2O3/c1-5-6(12)2-3-7-10(5)13-8(4-9(15)16)11(17)14-7/h2-3,8,13H,4H2,1H3,(H,14,17)(H,15,16). The van der Waals surface area contributed by atoms with Crippen molar-refractivity contribution in [2.45, 2.75) is 19.4 Å². The Morgan fingerprint density at radius 2 is 2.24 bits per heavy atom. The molecule has 1 aliphatic rings. The average molecular weight is 255 g/mol. The summed E-state index contributed by atoms with van der Waals surface area (Å²) in [6, 6.07) is 2.61. The predicted octanol–water partition coefficient (Wildman–Crippen LogP) is 1.86. The summed E-state index contributed by atoms with van der Waals surface area (Å²) in [6.45, 7) is 1.81. The molecule has 0 radical (unpaired) electrons. The van der Waals surface area contributed by atoms with Gasteiger partial charge in [0, 0.05) is 5.02 Å². The number of carbonyl (C=O) groups is 2. The molecule has 2 rings (SSSR count). The van der Waals surface area contributed by atoms with E-state index >= 15 is 0 Å². The van der Waals surface area contributed by atoms with Crippen molar-refractivity contribution in [1.29, 1.82) is 0 Å². The normalized spacial score (nSPS) is 18.0. The first-order valence-corrected chi connectivity index (χ1v) is 5.45. The lowest BCUT2D eigenvalue weighted by Gasteiger charge is -2.27. The molecule has 1 heterocycles. The monoisotopic (exact) mass is 254 g/mol. The average Bonchev–Trinajstić information content (AvgIpc) is 2.25. The number of carboxylic acids is 1. The molecule has 0 aromatic heterocycles. The minimum atomic E-state index is -1.03. The van der Waals surface area contributed by atoms with Crippen LogP contribution in [0.2, 0.25) is 5.02 Å². The van der Waals surface area contributed by atoms with E-state index in [9.17, 15) is 9.59 Å². The van der Waals surface area contributed by atoms with Crippen LogP contribution >= 0.6 is 11.6 Å². The smallest absolute Gasteiger partial charge is 0.305 e. The van der Waals surface area contributed by atoms with Crippen molar-refractivity contribution in [3.05, 3.63) is 22.7 Å². The second-order valence-corrected chi connectivity index (χ2v) is 4.29. The fraction of sp³-hybridized carbons (Fsp3) is 0.273. The summed E-state index contributed by atoms with van der Waals surface area (Å²) in [4.78, 5) is 22.2. The maximum Gasteiger partial charge on any atom is 0.305 e. The largest absolute Gasteiger partial charge is 0.481 e. The molecule has 5 nitrogen and oxygen atoms in total. The minimum absolute atomic E-state index is 0.267. The van der Waals surface area contributed by atoms with E-state index in [1.807, 2.05) is 6.92 Å².